The molecule has 4 aromatic carbocycles. The van der Waals surface area contributed by atoms with Crippen molar-refractivity contribution in [3.8, 4) is 5.75 Å². The van der Waals surface area contributed by atoms with Crippen molar-refractivity contribution in [1.29, 1.82) is 0 Å². The fourth-order valence-corrected chi connectivity index (χ4v) is 13.0. The second kappa shape index (κ2) is 18.2. The number of unbranched alkanes of at least 4 members (excludes halogenated alkanes) is 1. The van der Waals surface area contributed by atoms with Gasteiger partial charge in [0.1, 0.15) is 5.75 Å². The molecule has 6 atom stereocenters. The molecule has 1 fully saturated rings. The molecule has 1 spiro atoms. The van der Waals surface area contributed by atoms with Gasteiger partial charge in [0.05, 0.1) is 60.7 Å². The number of aliphatic hydroxyl groups excluding tert-OH is 2. The molecule has 3 N–H and O–H groups in total. The molecular formula is C48H56FN5O9Si. The van der Waals surface area contributed by atoms with Crippen LogP contribution in [0.25, 0.3) is 0 Å². The fourth-order valence-electron chi connectivity index (χ4n) is 10.5. The Bertz CT molecular complexity index is 2450. The highest BCUT2D eigenvalue weighted by Gasteiger charge is 2.67. The number of ether oxygens (including phenoxy) is 2. The number of nitro groups is 1. The number of hydrogen-bond donors (Lipinski definition) is 3. The van der Waals surface area contributed by atoms with Crippen molar-refractivity contribution in [1.82, 2.24) is 10.2 Å². The number of non-ortho nitro benzene ring substituents is 1. The van der Waals surface area contributed by atoms with Crippen LogP contribution in [-0.2, 0) is 50.7 Å². The first-order chi connectivity index (χ1) is 30.7. The Balaban J connectivity index is 1.13. The van der Waals surface area contributed by atoms with Crippen LogP contribution in [0.2, 0.25) is 18.6 Å². The summed E-state index contributed by atoms with van der Waals surface area (Å²) in [6.07, 6.45) is 0.913. The predicted molar refractivity (Wildman–Crippen MR) is 242 cm³/mol. The van der Waals surface area contributed by atoms with E-state index in [9.17, 15) is 29.9 Å². The van der Waals surface area contributed by atoms with E-state index in [1.54, 1.807) is 22.8 Å². The molecule has 338 valence electrons. The Morgan fingerprint density at radius 2 is 1.75 bits per heavy atom. The number of nitro benzene ring substituents is 1. The third-order valence-electron chi connectivity index (χ3n) is 13.4. The summed E-state index contributed by atoms with van der Waals surface area (Å²) in [4.78, 5) is 60.4. The van der Waals surface area contributed by atoms with Gasteiger partial charge in [-0.1, -0.05) is 43.3 Å². The largest absolute Gasteiger partial charge is 0.494 e. The number of carbonyl (C=O) groups is 3. The number of anilines is 3. The standard InChI is InChI=1S/C48H56FN5O9Si/c1-5-62-38-16-18-41-34(23-38)24-40(50-19-8-9-20-55)46(58)53(41)35-14-10-11-31(21-35)27-52-42-17-15-36(54(60)61)25-39(42)48(47(52)59)30(2)45(64(3,4)49)43(63-48)26-44(57)51-28-33-13-7-6-12-32(33)22-37(51)29-56/h6-7,10-18,21,23,25,30,37,40,43,45,50,55-56H,5,8-9,19-20,22,24,26-29H2,1-4H3/t30-,37+,40?,43+,45-,48+/m1/s1. The van der Waals surface area contributed by atoms with Gasteiger partial charge in [0, 0.05) is 48.0 Å². The number of amides is 3. The summed E-state index contributed by atoms with van der Waals surface area (Å²) in [5, 5.41) is 35.3. The summed E-state index contributed by atoms with van der Waals surface area (Å²) in [5.74, 6) is -1.15. The number of halogens is 1. The Kier molecular flexibility index (Phi) is 12.8. The lowest BCUT2D eigenvalue weighted by Crippen LogP contribution is -2.49. The summed E-state index contributed by atoms with van der Waals surface area (Å²) >= 11 is 0. The number of benzene rings is 4. The third-order valence-corrected chi connectivity index (χ3v) is 15.9. The highest BCUT2D eigenvalue weighted by atomic mass is 28.4. The van der Waals surface area contributed by atoms with Crippen LogP contribution in [0, 0.1) is 16.0 Å². The Morgan fingerprint density at radius 3 is 2.47 bits per heavy atom. The van der Waals surface area contributed by atoms with Crippen LogP contribution in [0.5, 0.6) is 5.75 Å². The minimum atomic E-state index is -3.73. The first-order valence-electron chi connectivity index (χ1n) is 22.2. The zero-order valence-corrected chi connectivity index (χ0v) is 37.7. The van der Waals surface area contributed by atoms with E-state index in [-0.39, 0.29) is 55.8 Å². The summed E-state index contributed by atoms with van der Waals surface area (Å²) in [5.41, 5.74) is 2.50. The number of carbonyl (C=O) groups excluding carboxylic acids is 3. The molecule has 4 aliphatic rings. The molecule has 4 heterocycles. The molecule has 8 rings (SSSR count). The average molecular weight is 894 g/mol. The van der Waals surface area contributed by atoms with Gasteiger partial charge in [0.25, 0.3) is 11.6 Å². The van der Waals surface area contributed by atoms with Crippen molar-refractivity contribution < 1.29 is 43.1 Å². The SMILES string of the molecule is CCOc1ccc2c(c1)CC(NCCCCO)C(=O)N2c1cccc(CN2C(=O)[C@@]3(O[C@@H](CC(=O)N4Cc5ccccc5C[C@H]4CO)[C@H]([Si](C)(C)F)[C@H]3C)c3cc([N+](=O)[O-])ccc32)c1. The van der Waals surface area contributed by atoms with Gasteiger partial charge in [-0.3, -0.25) is 29.4 Å². The van der Waals surface area contributed by atoms with E-state index in [2.05, 4.69) is 5.32 Å². The van der Waals surface area contributed by atoms with Gasteiger partial charge in [-0.2, -0.15) is 0 Å². The Hall–Kier alpha value is -5.52. The molecule has 4 aliphatic heterocycles. The van der Waals surface area contributed by atoms with Gasteiger partial charge < -0.3 is 38.9 Å². The fraction of sp³-hybridized carbons (Fsp3) is 0.438. The maximum atomic E-state index is 16.8. The van der Waals surface area contributed by atoms with E-state index >= 15 is 8.90 Å². The Labute approximate surface area is 373 Å². The lowest BCUT2D eigenvalue weighted by molar-refractivity contribution is -0.385. The van der Waals surface area contributed by atoms with E-state index in [1.807, 2.05) is 67.6 Å². The molecule has 0 aliphatic carbocycles. The molecule has 16 heteroatoms. The summed E-state index contributed by atoms with van der Waals surface area (Å²) < 4.78 is 29.4. The molecule has 0 bridgehead atoms. The summed E-state index contributed by atoms with van der Waals surface area (Å²) in [6, 6.07) is 23.8. The third kappa shape index (κ3) is 8.21. The second-order valence-corrected chi connectivity index (χ2v) is 21.7. The first-order valence-corrected chi connectivity index (χ1v) is 25.1. The zero-order valence-electron chi connectivity index (χ0n) is 36.7. The number of fused-ring (bicyclic) bond motifs is 4. The number of hydrogen-bond acceptors (Lipinski definition) is 10. The van der Waals surface area contributed by atoms with E-state index in [0.29, 0.717) is 67.2 Å². The van der Waals surface area contributed by atoms with Gasteiger partial charge in [-0.05, 0) is 111 Å². The summed E-state index contributed by atoms with van der Waals surface area (Å²) in [7, 11) is -3.73. The van der Waals surface area contributed by atoms with Crippen molar-refractivity contribution in [2.75, 3.05) is 36.2 Å². The highest BCUT2D eigenvalue weighted by Crippen LogP contribution is 2.61. The maximum Gasteiger partial charge on any atom is 0.269 e. The van der Waals surface area contributed by atoms with Crippen molar-refractivity contribution in [2.45, 2.75) is 101 Å². The summed E-state index contributed by atoms with van der Waals surface area (Å²) in [6.45, 7) is 7.79. The lowest BCUT2D eigenvalue weighted by atomic mass is 9.82. The van der Waals surface area contributed by atoms with Gasteiger partial charge in [-0.25, -0.2) is 0 Å². The van der Waals surface area contributed by atoms with E-state index in [0.717, 1.165) is 16.7 Å². The normalized spacial score (nSPS) is 23.9. The van der Waals surface area contributed by atoms with Crippen molar-refractivity contribution in [2.24, 2.45) is 5.92 Å². The van der Waals surface area contributed by atoms with Crippen LogP contribution in [0.3, 0.4) is 0 Å². The van der Waals surface area contributed by atoms with Gasteiger partial charge in [0.2, 0.25) is 20.2 Å². The van der Waals surface area contributed by atoms with Crippen LogP contribution in [0.4, 0.5) is 26.9 Å². The van der Waals surface area contributed by atoms with Gasteiger partial charge in [0.15, 0.2) is 5.60 Å². The molecule has 0 saturated carbocycles. The van der Waals surface area contributed by atoms with Crippen molar-refractivity contribution >= 4 is 48.9 Å². The molecule has 14 nitrogen and oxygen atoms in total. The van der Waals surface area contributed by atoms with Gasteiger partial charge in [-0.15, -0.1) is 0 Å². The highest BCUT2D eigenvalue weighted by molar-refractivity contribution is 6.72. The molecule has 1 saturated heterocycles. The topological polar surface area (TPSA) is 175 Å². The molecule has 4 aromatic rings. The maximum absolute atomic E-state index is 16.8. The molecule has 3 amide bonds. The molecular weight excluding hydrogens is 838 g/mol. The number of nitrogens with one attached hydrogen (secondary N) is 1. The monoisotopic (exact) mass is 893 g/mol. The van der Waals surface area contributed by atoms with Crippen molar-refractivity contribution in [3.05, 3.63) is 123 Å². The molecule has 0 radical (unpaired) electrons. The minimum absolute atomic E-state index is 0.00754. The van der Waals surface area contributed by atoms with E-state index in [4.69, 9.17) is 9.47 Å². The van der Waals surface area contributed by atoms with E-state index in [1.165, 1.54) is 36.2 Å². The molecule has 64 heavy (non-hydrogen) atoms. The van der Waals surface area contributed by atoms with Crippen LogP contribution in [0.1, 0.15) is 60.9 Å². The second-order valence-electron chi connectivity index (χ2n) is 17.9. The first kappa shape index (κ1) is 45.1. The average Bonchev–Trinajstić information content (AvgIpc) is 3.70. The quantitative estimate of drug-likeness (QED) is 0.0388. The number of nitrogens with zero attached hydrogens (tertiary/aromatic N) is 4. The molecule has 1 unspecified atom stereocenters. The van der Waals surface area contributed by atoms with Crippen LogP contribution in [0.15, 0.2) is 84.9 Å². The predicted octanol–water partition coefficient (Wildman–Crippen LogP) is 6.60. The Morgan fingerprint density at radius 1 is 0.984 bits per heavy atom. The van der Waals surface area contributed by atoms with Crippen LogP contribution in [-0.4, -0.2) is 90.7 Å². The minimum Gasteiger partial charge on any atom is -0.494 e. The van der Waals surface area contributed by atoms with Crippen LogP contribution >= 0.6 is 0 Å². The smallest absolute Gasteiger partial charge is 0.269 e. The number of rotatable bonds is 15. The lowest BCUT2D eigenvalue weighted by Gasteiger charge is -2.37. The van der Waals surface area contributed by atoms with Crippen molar-refractivity contribution in [3.63, 3.8) is 0 Å². The molecule has 0 aromatic heterocycles. The van der Waals surface area contributed by atoms with E-state index < -0.39 is 54.5 Å². The zero-order chi connectivity index (χ0) is 45.5. The number of aliphatic hydroxyl groups is 2. The van der Waals surface area contributed by atoms with Crippen LogP contribution < -0.4 is 19.9 Å². The van der Waals surface area contributed by atoms with Gasteiger partial charge >= 0.3 is 0 Å².